The van der Waals surface area contributed by atoms with Gasteiger partial charge in [-0.05, 0) is 128 Å². The molecule has 0 spiro atoms. The maximum absolute atomic E-state index is 13.4. The molecule has 2 aliphatic heterocycles. The summed E-state index contributed by atoms with van der Waals surface area (Å²) in [5, 5.41) is 11.6. The third-order valence-corrected chi connectivity index (χ3v) is 10.6. The van der Waals surface area contributed by atoms with Crippen molar-refractivity contribution in [1.29, 1.82) is 0 Å². The number of hydrogen-bond acceptors (Lipinski definition) is 11. The fraction of sp³-hybridized carbons (Fsp3) is 0.304. The van der Waals surface area contributed by atoms with Gasteiger partial charge in [0.25, 0.3) is 17.5 Å². The molecule has 314 valence electrons. The van der Waals surface area contributed by atoms with Gasteiger partial charge in [-0.3, -0.25) is 29.3 Å². The maximum Gasteiger partial charge on any atom is 0.302 e. The molecule has 4 aromatic carbocycles. The van der Waals surface area contributed by atoms with Crippen LogP contribution < -0.4 is 15.2 Å². The van der Waals surface area contributed by atoms with Crippen molar-refractivity contribution in [3.8, 4) is 11.5 Å². The molecule has 2 heterocycles. The topological polar surface area (TPSA) is 181 Å². The van der Waals surface area contributed by atoms with E-state index in [2.05, 4.69) is 0 Å². The molecule has 0 saturated carbocycles. The van der Waals surface area contributed by atoms with Gasteiger partial charge in [-0.2, -0.15) is 0 Å². The van der Waals surface area contributed by atoms with Crippen molar-refractivity contribution in [2.45, 2.75) is 66.5 Å². The highest BCUT2D eigenvalue weighted by atomic mass is 16.6. The van der Waals surface area contributed by atoms with Crippen LogP contribution in [-0.4, -0.2) is 78.0 Å². The zero-order chi connectivity index (χ0) is 43.8. The number of esters is 2. The van der Waals surface area contributed by atoms with Crippen LogP contribution in [0.3, 0.4) is 0 Å². The highest BCUT2D eigenvalue weighted by molar-refractivity contribution is 6.02. The van der Waals surface area contributed by atoms with Crippen molar-refractivity contribution in [3.05, 3.63) is 140 Å². The summed E-state index contributed by atoms with van der Waals surface area (Å²) in [6, 6.07) is 20.9. The van der Waals surface area contributed by atoms with E-state index in [0.29, 0.717) is 29.8 Å². The summed E-state index contributed by atoms with van der Waals surface area (Å²) in [7, 11) is 3.20. The van der Waals surface area contributed by atoms with Crippen LogP contribution in [0.4, 0.5) is 11.4 Å². The first-order chi connectivity index (χ1) is 28.5. The summed E-state index contributed by atoms with van der Waals surface area (Å²) in [4.78, 5) is 63.5. The maximum atomic E-state index is 13.4. The first kappa shape index (κ1) is 44.1. The van der Waals surface area contributed by atoms with Gasteiger partial charge in [0.05, 0.1) is 36.8 Å². The average Bonchev–Trinajstić information content (AvgIpc) is 3.86. The second-order valence-corrected chi connectivity index (χ2v) is 14.7. The van der Waals surface area contributed by atoms with E-state index in [1.54, 1.807) is 39.2 Å². The van der Waals surface area contributed by atoms with Crippen molar-refractivity contribution in [2.24, 2.45) is 0 Å². The molecular weight excluding hydrogens is 769 g/mol. The van der Waals surface area contributed by atoms with Crippen LogP contribution >= 0.6 is 0 Å². The van der Waals surface area contributed by atoms with E-state index in [1.807, 2.05) is 80.7 Å². The predicted molar refractivity (Wildman–Crippen MR) is 227 cm³/mol. The lowest BCUT2D eigenvalue weighted by atomic mass is 10.0. The fourth-order valence-corrected chi connectivity index (χ4v) is 6.93. The van der Waals surface area contributed by atoms with Crippen molar-refractivity contribution in [2.75, 3.05) is 33.2 Å². The first-order valence-electron chi connectivity index (χ1n) is 19.3. The van der Waals surface area contributed by atoms with Crippen LogP contribution in [-0.2, 0) is 19.1 Å². The molecule has 0 radical (unpaired) electrons. The van der Waals surface area contributed by atoms with Crippen molar-refractivity contribution in [3.63, 3.8) is 0 Å². The number of aryl methyl sites for hydroxylation is 4. The molecule has 2 N–H and O–H groups in total. The number of nitro benzene ring substituents is 1. The van der Waals surface area contributed by atoms with E-state index in [0.717, 1.165) is 50.3 Å². The number of nitrogen functional groups attached to an aromatic ring is 1. The number of nitro groups is 1. The van der Waals surface area contributed by atoms with Crippen molar-refractivity contribution < 1.29 is 43.0 Å². The lowest BCUT2D eigenvalue weighted by Crippen LogP contribution is -2.37. The quantitative estimate of drug-likeness (QED) is 0.0676. The standard InChI is InChI=1S/C23H24N2O6.C23H26N2O4/c1-14-9-21(22(25(28)29)10-15(14)2)23(27)24-12-18(11-19(24)13-31-16(3)26)17-5-7-20(30-4)8-6-17;1-14-9-21(22(24)10-15(14)2)23(27)25-12-18(11-19(25)13-29-16(3)26)17-5-7-20(28-4)8-6-17/h5-10,12,19H,11,13H2,1-4H3;5-10,12,19H,11,13,24H2,1-4H3/t2*19-/m00/s1. The summed E-state index contributed by atoms with van der Waals surface area (Å²) >= 11 is 0. The van der Waals surface area contributed by atoms with E-state index in [9.17, 15) is 29.3 Å². The van der Waals surface area contributed by atoms with Crippen LogP contribution in [0.5, 0.6) is 11.5 Å². The van der Waals surface area contributed by atoms with Gasteiger partial charge in [0.2, 0.25) is 0 Å². The van der Waals surface area contributed by atoms with Gasteiger partial charge >= 0.3 is 11.9 Å². The molecular formula is C46H50N4O10. The van der Waals surface area contributed by atoms with Crippen molar-refractivity contribution in [1.82, 2.24) is 9.80 Å². The Bertz CT molecular complexity index is 2350. The Morgan fingerprint density at radius 2 is 1.03 bits per heavy atom. The van der Waals surface area contributed by atoms with Crippen LogP contribution in [0.2, 0.25) is 0 Å². The zero-order valence-corrected chi connectivity index (χ0v) is 35.1. The summed E-state index contributed by atoms with van der Waals surface area (Å²) in [6.07, 6.45) is 4.53. The number of nitrogens with zero attached hydrogens (tertiary/aromatic N) is 3. The zero-order valence-electron chi connectivity index (χ0n) is 35.1. The number of carbonyl (C=O) groups excluding carboxylic acids is 4. The van der Waals surface area contributed by atoms with Gasteiger partial charge in [0.15, 0.2) is 0 Å². The fourth-order valence-electron chi connectivity index (χ4n) is 6.93. The van der Waals surface area contributed by atoms with Gasteiger partial charge in [0.1, 0.15) is 30.3 Å². The summed E-state index contributed by atoms with van der Waals surface area (Å²) < 4.78 is 20.8. The Kier molecular flexibility index (Phi) is 14.1. The molecule has 6 rings (SSSR count). The minimum Gasteiger partial charge on any atom is -0.497 e. The van der Waals surface area contributed by atoms with E-state index < -0.39 is 22.8 Å². The third kappa shape index (κ3) is 10.4. The van der Waals surface area contributed by atoms with Crippen LogP contribution in [0.15, 0.2) is 85.2 Å². The number of benzene rings is 4. The van der Waals surface area contributed by atoms with E-state index >= 15 is 0 Å². The SMILES string of the molecule is COc1ccc(C2=CN(C(=O)c3cc(C)c(C)cc3N)[C@H](COC(C)=O)C2)cc1.COc1ccc(C2=CN(C(=O)c3cc(C)c(C)cc3[N+](=O)[O-])[C@H](COC(C)=O)C2)cc1. The van der Waals surface area contributed by atoms with E-state index in [4.69, 9.17) is 24.7 Å². The molecule has 0 unspecified atom stereocenters. The van der Waals surface area contributed by atoms with E-state index in [-0.39, 0.29) is 42.4 Å². The Morgan fingerprint density at radius 1 is 0.650 bits per heavy atom. The Morgan fingerprint density at radius 3 is 1.43 bits per heavy atom. The van der Waals surface area contributed by atoms with Gasteiger partial charge in [0, 0.05) is 38.0 Å². The van der Waals surface area contributed by atoms with Gasteiger partial charge in [-0.1, -0.05) is 24.3 Å². The van der Waals surface area contributed by atoms with Gasteiger partial charge < -0.3 is 34.5 Å². The van der Waals surface area contributed by atoms with Gasteiger partial charge in [-0.15, -0.1) is 0 Å². The number of amides is 2. The monoisotopic (exact) mass is 818 g/mol. The Labute approximate surface area is 349 Å². The number of anilines is 1. The number of methoxy groups -OCH3 is 2. The number of nitrogens with two attached hydrogens (primary N) is 1. The molecule has 2 atom stereocenters. The Balaban J connectivity index is 0.000000228. The summed E-state index contributed by atoms with van der Waals surface area (Å²) in [5.41, 5.74) is 14.1. The number of ether oxygens (including phenoxy) is 4. The minimum atomic E-state index is -0.551. The minimum absolute atomic E-state index is 0.00410. The number of rotatable bonds is 11. The van der Waals surface area contributed by atoms with Crippen molar-refractivity contribution >= 4 is 46.3 Å². The largest absolute Gasteiger partial charge is 0.497 e. The average molecular weight is 819 g/mol. The summed E-state index contributed by atoms with van der Waals surface area (Å²) in [6.45, 7) is 10.3. The van der Waals surface area contributed by atoms with Crippen LogP contribution in [0.1, 0.15) is 80.8 Å². The molecule has 0 aliphatic carbocycles. The second-order valence-electron chi connectivity index (χ2n) is 14.7. The van der Waals surface area contributed by atoms with Gasteiger partial charge in [-0.25, -0.2) is 0 Å². The normalized spacial score (nSPS) is 15.6. The smallest absolute Gasteiger partial charge is 0.302 e. The molecule has 0 aromatic heterocycles. The third-order valence-electron chi connectivity index (χ3n) is 10.6. The highest BCUT2D eigenvalue weighted by Crippen LogP contribution is 2.35. The molecule has 2 aliphatic rings. The molecule has 0 bridgehead atoms. The van der Waals surface area contributed by atoms with E-state index in [1.165, 1.54) is 30.9 Å². The molecule has 0 fully saturated rings. The number of hydrogen-bond donors (Lipinski definition) is 1. The van der Waals surface area contributed by atoms with Crippen LogP contribution in [0, 0.1) is 37.8 Å². The molecule has 14 nitrogen and oxygen atoms in total. The highest BCUT2D eigenvalue weighted by Gasteiger charge is 2.35. The van der Waals surface area contributed by atoms with Crippen LogP contribution in [0.25, 0.3) is 11.1 Å². The molecule has 0 saturated heterocycles. The molecule has 2 amide bonds. The summed E-state index contributed by atoms with van der Waals surface area (Å²) in [5.74, 6) is -0.0673. The first-order valence-corrected chi connectivity index (χ1v) is 19.3. The Hall–Kier alpha value is -6.96. The molecule has 4 aromatic rings. The lowest BCUT2D eigenvalue weighted by molar-refractivity contribution is -0.385. The lowest BCUT2D eigenvalue weighted by Gasteiger charge is -2.24. The number of carbonyl (C=O) groups is 4. The molecule has 60 heavy (non-hydrogen) atoms. The molecule has 14 heteroatoms. The second kappa shape index (κ2) is 19.2. The predicted octanol–water partition coefficient (Wildman–Crippen LogP) is 7.75.